The van der Waals surface area contributed by atoms with Crippen molar-refractivity contribution in [3.8, 4) is 17.2 Å². The number of hydrogen-bond donors (Lipinski definition) is 1. The maximum Gasteiger partial charge on any atom is 0.300 e. The number of amides is 1. The Morgan fingerprint density at radius 3 is 2.49 bits per heavy atom. The summed E-state index contributed by atoms with van der Waals surface area (Å²) in [6.07, 6.45) is -0.0565. The maximum absolute atomic E-state index is 13.3. The molecule has 5 rings (SSSR count). The van der Waals surface area contributed by atoms with E-state index in [1.807, 2.05) is 13.8 Å². The lowest BCUT2D eigenvalue weighted by Crippen LogP contribution is -2.29. The zero-order valence-electron chi connectivity index (χ0n) is 19.9. The number of rotatable bonds is 6. The molecule has 3 aromatic rings. The molecule has 0 aromatic heterocycles. The van der Waals surface area contributed by atoms with Crippen LogP contribution < -0.4 is 19.1 Å². The van der Waals surface area contributed by atoms with Gasteiger partial charge in [0.15, 0.2) is 11.5 Å². The number of ether oxygens (including phenoxy) is 3. The Balaban J connectivity index is 1.67. The molecule has 2 aliphatic heterocycles. The lowest BCUT2D eigenvalue weighted by atomic mass is 9.95. The second-order valence-electron chi connectivity index (χ2n) is 8.75. The van der Waals surface area contributed by atoms with E-state index in [1.54, 1.807) is 42.5 Å². The van der Waals surface area contributed by atoms with Crippen molar-refractivity contribution in [2.45, 2.75) is 26.0 Å². The highest BCUT2D eigenvalue weighted by Gasteiger charge is 2.47. The minimum absolute atomic E-state index is 0.0329. The van der Waals surface area contributed by atoms with Gasteiger partial charge in [0.05, 0.1) is 22.6 Å². The largest absolute Gasteiger partial charge is 0.507 e. The van der Waals surface area contributed by atoms with Gasteiger partial charge in [0, 0.05) is 29.4 Å². The van der Waals surface area contributed by atoms with Crippen molar-refractivity contribution in [3.63, 3.8) is 0 Å². The van der Waals surface area contributed by atoms with Gasteiger partial charge in [-0.15, -0.1) is 0 Å². The van der Waals surface area contributed by atoms with E-state index in [9.17, 15) is 24.8 Å². The number of nitro groups is 1. The SMILES string of the molecule is CC(C)Oc1ccc(C2/C(=C(\O)c3cccc([N+](=O)[O-])c3)C(=O)C(=O)N2c2ccc3c(c2)OCO3)cc1. The van der Waals surface area contributed by atoms with E-state index < -0.39 is 28.4 Å². The first-order valence-electron chi connectivity index (χ1n) is 11.5. The van der Waals surface area contributed by atoms with E-state index in [0.717, 1.165) is 6.07 Å². The molecule has 0 bridgehead atoms. The highest BCUT2D eigenvalue weighted by atomic mass is 16.7. The minimum atomic E-state index is -1.02. The number of aliphatic hydroxyl groups is 1. The van der Waals surface area contributed by atoms with Crippen LogP contribution in [0.25, 0.3) is 5.76 Å². The van der Waals surface area contributed by atoms with Crippen LogP contribution in [-0.4, -0.2) is 34.6 Å². The molecule has 1 unspecified atom stereocenters. The molecule has 10 nitrogen and oxygen atoms in total. The van der Waals surface area contributed by atoms with E-state index in [0.29, 0.717) is 28.5 Å². The van der Waals surface area contributed by atoms with E-state index in [4.69, 9.17) is 14.2 Å². The summed E-state index contributed by atoms with van der Waals surface area (Å²) < 4.78 is 16.5. The fraction of sp³-hybridized carbons (Fsp3) is 0.185. The predicted molar refractivity (Wildman–Crippen MR) is 133 cm³/mol. The molecule has 0 radical (unpaired) electrons. The van der Waals surface area contributed by atoms with Crippen LogP contribution in [0.2, 0.25) is 0 Å². The standard InChI is InChI=1S/C27H22N2O8/c1-15(2)37-20-9-6-16(7-10-20)24-23(25(30)17-4-3-5-19(12-17)29(33)34)26(31)27(32)28(24)18-8-11-21-22(13-18)36-14-35-21/h3-13,15,24,30H,14H2,1-2H3/b25-23+. The summed E-state index contributed by atoms with van der Waals surface area (Å²) in [6.45, 7) is 3.81. The van der Waals surface area contributed by atoms with Crippen molar-refractivity contribution in [1.29, 1.82) is 0 Å². The molecule has 2 aliphatic rings. The van der Waals surface area contributed by atoms with Crippen molar-refractivity contribution < 1.29 is 33.8 Å². The number of anilines is 1. The molecule has 1 saturated heterocycles. The second kappa shape index (κ2) is 9.30. The van der Waals surface area contributed by atoms with Gasteiger partial charge in [-0.2, -0.15) is 0 Å². The molecule has 0 aliphatic carbocycles. The predicted octanol–water partition coefficient (Wildman–Crippen LogP) is 4.74. The van der Waals surface area contributed by atoms with Crippen molar-refractivity contribution in [1.82, 2.24) is 0 Å². The van der Waals surface area contributed by atoms with Gasteiger partial charge in [0.2, 0.25) is 6.79 Å². The first kappa shape index (κ1) is 23.9. The molecule has 1 fully saturated rings. The van der Waals surface area contributed by atoms with Crippen LogP contribution in [0.3, 0.4) is 0 Å². The molecule has 3 aromatic carbocycles. The Morgan fingerprint density at radius 1 is 1.05 bits per heavy atom. The lowest BCUT2D eigenvalue weighted by Gasteiger charge is -2.26. The highest BCUT2D eigenvalue weighted by Crippen LogP contribution is 2.45. The summed E-state index contributed by atoms with van der Waals surface area (Å²) >= 11 is 0. The molecule has 1 atom stereocenters. The average Bonchev–Trinajstić information content (AvgIpc) is 3.45. The number of carbonyl (C=O) groups is 2. The number of nitro benzene ring substituents is 1. The summed E-state index contributed by atoms with van der Waals surface area (Å²) in [5, 5.41) is 22.5. The van der Waals surface area contributed by atoms with Crippen LogP contribution in [0.15, 0.2) is 72.3 Å². The first-order chi connectivity index (χ1) is 17.7. The van der Waals surface area contributed by atoms with Gasteiger partial charge in [0.1, 0.15) is 11.5 Å². The maximum atomic E-state index is 13.3. The van der Waals surface area contributed by atoms with E-state index >= 15 is 0 Å². The van der Waals surface area contributed by atoms with Crippen LogP contribution >= 0.6 is 0 Å². The van der Waals surface area contributed by atoms with Crippen molar-refractivity contribution in [2.24, 2.45) is 0 Å². The molecule has 188 valence electrons. The zero-order chi connectivity index (χ0) is 26.3. The average molecular weight is 502 g/mol. The molecule has 10 heteroatoms. The zero-order valence-corrected chi connectivity index (χ0v) is 19.9. The molecule has 1 amide bonds. The summed E-state index contributed by atoms with van der Waals surface area (Å²) in [7, 11) is 0. The van der Waals surface area contributed by atoms with E-state index in [2.05, 4.69) is 0 Å². The van der Waals surface area contributed by atoms with Gasteiger partial charge < -0.3 is 19.3 Å². The fourth-order valence-electron chi connectivity index (χ4n) is 4.37. The molecule has 1 N–H and O–H groups in total. The van der Waals surface area contributed by atoms with Crippen LogP contribution in [0, 0.1) is 10.1 Å². The van der Waals surface area contributed by atoms with E-state index in [-0.39, 0.29) is 29.7 Å². The second-order valence-corrected chi connectivity index (χ2v) is 8.75. The Kier molecular flexibility index (Phi) is 6.00. The Hall–Kier alpha value is -4.86. The number of carbonyl (C=O) groups excluding carboxylic acids is 2. The third kappa shape index (κ3) is 4.33. The summed E-state index contributed by atoms with van der Waals surface area (Å²) in [6, 6.07) is 15.9. The number of benzene rings is 3. The normalized spacial score (nSPS) is 17.9. The van der Waals surface area contributed by atoms with Crippen LogP contribution in [0.1, 0.15) is 31.0 Å². The number of ketones is 1. The van der Waals surface area contributed by atoms with Crippen LogP contribution in [0.5, 0.6) is 17.2 Å². The van der Waals surface area contributed by atoms with Crippen molar-refractivity contribution in [3.05, 3.63) is 93.5 Å². The summed E-state index contributed by atoms with van der Waals surface area (Å²) in [5.41, 5.74) is 0.473. The van der Waals surface area contributed by atoms with Gasteiger partial charge in [-0.05, 0) is 43.7 Å². The molecular weight excluding hydrogens is 480 g/mol. The molecule has 0 spiro atoms. The topological polar surface area (TPSA) is 128 Å². The molecule has 37 heavy (non-hydrogen) atoms. The monoisotopic (exact) mass is 502 g/mol. The summed E-state index contributed by atoms with van der Waals surface area (Å²) in [5.74, 6) is -0.788. The van der Waals surface area contributed by atoms with Gasteiger partial charge in [-0.3, -0.25) is 24.6 Å². The molecular formula is C27H22N2O8. The third-order valence-electron chi connectivity index (χ3n) is 5.98. The number of non-ortho nitro benzene ring substituents is 1. The van der Waals surface area contributed by atoms with E-state index in [1.165, 1.54) is 23.1 Å². The van der Waals surface area contributed by atoms with Gasteiger partial charge >= 0.3 is 0 Å². The number of aliphatic hydroxyl groups excluding tert-OH is 1. The molecule has 0 saturated carbocycles. The Bertz CT molecular complexity index is 1450. The lowest BCUT2D eigenvalue weighted by molar-refractivity contribution is -0.384. The van der Waals surface area contributed by atoms with Crippen molar-refractivity contribution >= 4 is 28.8 Å². The highest BCUT2D eigenvalue weighted by molar-refractivity contribution is 6.51. The van der Waals surface area contributed by atoms with Gasteiger partial charge in [0.25, 0.3) is 17.4 Å². The molecule has 2 heterocycles. The smallest absolute Gasteiger partial charge is 0.300 e. The van der Waals surface area contributed by atoms with Crippen LogP contribution in [-0.2, 0) is 9.59 Å². The number of Topliss-reactive ketones (excluding diaryl/α,β-unsaturated/α-hetero) is 1. The first-order valence-corrected chi connectivity index (χ1v) is 11.5. The number of nitrogens with zero attached hydrogens (tertiary/aromatic N) is 2. The fourth-order valence-corrected chi connectivity index (χ4v) is 4.37. The van der Waals surface area contributed by atoms with Gasteiger partial charge in [-0.25, -0.2) is 0 Å². The summed E-state index contributed by atoms with van der Waals surface area (Å²) in [4.78, 5) is 38.6. The third-order valence-corrected chi connectivity index (χ3v) is 5.98. The van der Waals surface area contributed by atoms with Gasteiger partial charge in [-0.1, -0.05) is 24.3 Å². The number of hydrogen-bond acceptors (Lipinski definition) is 8. The minimum Gasteiger partial charge on any atom is -0.507 e. The Labute approximate surface area is 211 Å². The van der Waals surface area contributed by atoms with Crippen LogP contribution in [0.4, 0.5) is 11.4 Å². The number of fused-ring (bicyclic) bond motifs is 1. The van der Waals surface area contributed by atoms with Crippen molar-refractivity contribution in [2.75, 3.05) is 11.7 Å². The Morgan fingerprint density at radius 2 is 1.78 bits per heavy atom. The quantitative estimate of drug-likeness (QED) is 0.168.